The Kier molecular flexibility index (Phi) is 3.41. The van der Waals surface area contributed by atoms with Gasteiger partial charge < -0.3 is 15.4 Å². The van der Waals surface area contributed by atoms with E-state index in [0.717, 1.165) is 17.9 Å². The van der Waals surface area contributed by atoms with Gasteiger partial charge in [0.15, 0.2) is 5.82 Å². The van der Waals surface area contributed by atoms with Crippen molar-refractivity contribution in [2.75, 3.05) is 30.8 Å². The fraction of sp³-hybridized carbons (Fsp3) is 0.538. The minimum Gasteiger partial charge on any atom is -0.469 e. The highest BCUT2D eigenvalue weighted by Gasteiger charge is 2.36. The zero-order chi connectivity index (χ0) is 13.3. The van der Waals surface area contributed by atoms with Gasteiger partial charge in [-0.25, -0.2) is 4.98 Å². The Balaban J connectivity index is 2.19. The minimum absolute atomic E-state index is 0.0995. The molecule has 0 bridgehead atoms. The fourth-order valence-corrected chi connectivity index (χ4v) is 2.45. The first-order valence-electron chi connectivity index (χ1n) is 6.07. The number of pyridine rings is 1. The molecule has 0 aromatic carbocycles. The zero-order valence-corrected chi connectivity index (χ0v) is 11.0. The summed E-state index contributed by atoms with van der Waals surface area (Å²) in [5.41, 5.74) is 7.68. The number of aromatic nitrogens is 1. The summed E-state index contributed by atoms with van der Waals surface area (Å²) in [7, 11) is 1.43. The molecule has 5 heteroatoms. The number of anilines is 2. The molecule has 2 atom stereocenters. The van der Waals surface area contributed by atoms with Crippen molar-refractivity contribution < 1.29 is 9.53 Å². The summed E-state index contributed by atoms with van der Waals surface area (Å²) < 4.78 is 4.82. The number of esters is 1. The van der Waals surface area contributed by atoms with Gasteiger partial charge in [-0.2, -0.15) is 0 Å². The second-order valence-corrected chi connectivity index (χ2v) is 4.94. The SMILES string of the molecule is COC(=O)C1CN(c2ncc(C)cc2N)CC1C. The van der Waals surface area contributed by atoms with Gasteiger partial charge in [-0.05, 0) is 24.5 Å². The standard InChI is InChI=1S/C13H19N3O2/c1-8-4-11(14)12(15-5-8)16-6-9(2)10(7-16)13(17)18-3/h4-5,9-10H,6-7,14H2,1-3H3. The van der Waals surface area contributed by atoms with Gasteiger partial charge in [-0.1, -0.05) is 6.92 Å². The van der Waals surface area contributed by atoms with E-state index in [2.05, 4.69) is 9.88 Å². The van der Waals surface area contributed by atoms with Crippen LogP contribution in [0.4, 0.5) is 11.5 Å². The number of hydrogen-bond donors (Lipinski definition) is 1. The van der Waals surface area contributed by atoms with Gasteiger partial charge in [0.05, 0.1) is 18.7 Å². The maximum absolute atomic E-state index is 11.6. The molecular formula is C13H19N3O2. The average Bonchev–Trinajstić information content (AvgIpc) is 2.70. The van der Waals surface area contributed by atoms with Gasteiger partial charge in [0, 0.05) is 19.3 Å². The van der Waals surface area contributed by atoms with Crippen molar-refractivity contribution in [3.05, 3.63) is 17.8 Å². The van der Waals surface area contributed by atoms with Crippen LogP contribution >= 0.6 is 0 Å². The third-order valence-electron chi connectivity index (χ3n) is 3.45. The third-order valence-corrected chi connectivity index (χ3v) is 3.45. The molecule has 0 spiro atoms. The van der Waals surface area contributed by atoms with Crippen LogP contribution in [0.15, 0.2) is 12.3 Å². The van der Waals surface area contributed by atoms with Crippen LogP contribution in [0, 0.1) is 18.8 Å². The summed E-state index contributed by atoms with van der Waals surface area (Å²) in [6.45, 7) is 5.40. The maximum atomic E-state index is 11.6. The zero-order valence-electron chi connectivity index (χ0n) is 11.0. The molecule has 0 aliphatic carbocycles. The van der Waals surface area contributed by atoms with Gasteiger partial charge in [0.25, 0.3) is 0 Å². The smallest absolute Gasteiger partial charge is 0.310 e. The Labute approximate surface area is 107 Å². The summed E-state index contributed by atoms with van der Waals surface area (Å²) in [6.07, 6.45) is 1.79. The number of nitrogens with two attached hydrogens (primary N) is 1. The molecule has 18 heavy (non-hydrogen) atoms. The molecule has 5 nitrogen and oxygen atoms in total. The Bertz CT molecular complexity index is 462. The van der Waals surface area contributed by atoms with E-state index in [1.165, 1.54) is 7.11 Å². The van der Waals surface area contributed by atoms with E-state index < -0.39 is 0 Å². The number of aryl methyl sites for hydroxylation is 1. The van der Waals surface area contributed by atoms with E-state index in [0.29, 0.717) is 12.2 Å². The van der Waals surface area contributed by atoms with Crippen LogP contribution in [0.5, 0.6) is 0 Å². The molecule has 2 rings (SSSR count). The van der Waals surface area contributed by atoms with Gasteiger partial charge in [0.2, 0.25) is 0 Å². The van der Waals surface area contributed by atoms with Crippen molar-refractivity contribution >= 4 is 17.5 Å². The predicted octanol–water partition coefficient (Wildman–Crippen LogP) is 1.22. The van der Waals surface area contributed by atoms with Gasteiger partial charge >= 0.3 is 5.97 Å². The monoisotopic (exact) mass is 249 g/mol. The van der Waals surface area contributed by atoms with Crippen molar-refractivity contribution in [3.8, 4) is 0 Å². The van der Waals surface area contributed by atoms with E-state index >= 15 is 0 Å². The van der Waals surface area contributed by atoms with Crippen LogP contribution in [0.2, 0.25) is 0 Å². The number of rotatable bonds is 2. The topological polar surface area (TPSA) is 68.5 Å². The molecule has 2 heterocycles. The van der Waals surface area contributed by atoms with Crippen molar-refractivity contribution in [1.29, 1.82) is 0 Å². The first kappa shape index (κ1) is 12.7. The molecule has 1 aliphatic rings. The highest BCUT2D eigenvalue weighted by atomic mass is 16.5. The molecule has 1 aliphatic heterocycles. The van der Waals surface area contributed by atoms with Crippen LogP contribution in [-0.4, -0.2) is 31.2 Å². The number of nitrogen functional groups attached to an aromatic ring is 1. The van der Waals surface area contributed by atoms with E-state index in [1.54, 1.807) is 6.20 Å². The number of methoxy groups -OCH3 is 1. The maximum Gasteiger partial charge on any atom is 0.310 e. The number of carbonyl (C=O) groups excluding carboxylic acids is 1. The lowest BCUT2D eigenvalue weighted by Crippen LogP contribution is -2.25. The molecule has 1 aromatic rings. The third kappa shape index (κ3) is 2.25. The molecule has 0 saturated carbocycles. The molecule has 2 N–H and O–H groups in total. The largest absolute Gasteiger partial charge is 0.469 e. The molecular weight excluding hydrogens is 230 g/mol. The van der Waals surface area contributed by atoms with Crippen LogP contribution in [0.25, 0.3) is 0 Å². The van der Waals surface area contributed by atoms with Crippen LogP contribution in [-0.2, 0) is 9.53 Å². The second kappa shape index (κ2) is 4.84. The molecule has 1 aromatic heterocycles. The van der Waals surface area contributed by atoms with E-state index in [4.69, 9.17) is 10.5 Å². The molecule has 1 saturated heterocycles. The molecule has 0 radical (unpaired) electrons. The summed E-state index contributed by atoms with van der Waals surface area (Å²) in [6, 6.07) is 1.90. The van der Waals surface area contributed by atoms with Crippen molar-refractivity contribution in [3.63, 3.8) is 0 Å². The van der Waals surface area contributed by atoms with E-state index in [1.807, 2.05) is 19.9 Å². The fourth-order valence-electron chi connectivity index (χ4n) is 2.45. The van der Waals surface area contributed by atoms with Crippen molar-refractivity contribution in [2.24, 2.45) is 11.8 Å². The predicted molar refractivity (Wildman–Crippen MR) is 70.3 cm³/mol. The van der Waals surface area contributed by atoms with Crippen LogP contribution in [0.1, 0.15) is 12.5 Å². The molecule has 1 fully saturated rings. The number of hydrogen-bond acceptors (Lipinski definition) is 5. The lowest BCUT2D eigenvalue weighted by molar-refractivity contribution is -0.145. The summed E-state index contributed by atoms with van der Waals surface area (Å²) in [4.78, 5) is 18.1. The lowest BCUT2D eigenvalue weighted by atomic mass is 9.99. The van der Waals surface area contributed by atoms with Gasteiger partial charge in [-0.3, -0.25) is 4.79 Å². The van der Waals surface area contributed by atoms with E-state index in [-0.39, 0.29) is 17.8 Å². The second-order valence-electron chi connectivity index (χ2n) is 4.94. The Morgan fingerprint density at radius 2 is 2.28 bits per heavy atom. The Morgan fingerprint density at radius 3 is 2.89 bits per heavy atom. The summed E-state index contributed by atoms with van der Waals surface area (Å²) in [5.74, 6) is 0.756. The van der Waals surface area contributed by atoms with Crippen molar-refractivity contribution in [1.82, 2.24) is 4.98 Å². The summed E-state index contributed by atoms with van der Waals surface area (Å²) in [5, 5.41) is 0. The molecule has 98 valence electrons. The lowest BCUT2D eigenvalue weighted by Gasteiger charge is -2.19. The Morgan fingerprint density at radius 1 is 1.56 bits per heavy atom. The number of carbonyl (C=O) groups is 1. The average molecular weight is 249 g/mol. The van der Waals surface area contributed by atoms with E-state index in [9.17, 15) is 4.79 Å². The Hall–Kier alpha value is -1.78. The highest BCUT2D eigenvalue weighted by Crippen LogP contribution is 2.30. The number of nitrogens with zero attached hydrogens (tertiary/aromatic N) is 2. The van der Waals surface area contributed by atoms with Crippen LogP contribution in [0.3, 0.4) is 0 Å². The minimum atomic E-state index is -0.157. The first-order valence-corrected chi connectivity index (χ1v) is 6.07. The van der Waals surface area contributed by atoms with Crippen LogP contribution < -0.4 is 10.6 Å². The van der Waals surface area contributed by atoms with Gasteiger partial charge in [0.1, 0.15) is 0 Å². The number of ether oxygens (including phenoxy) is 1. The highest BCUT2D eigenvalue weighted by molar-refractivity contribution is 5.75. The normalized spacial score (nSPS) is 23.2. The van der Waals surface area contributed by atoms with Crippen molar-refractivity contribution in [2.45, 2.75) is 13.8 Å². The van der Waals surface area contributed by atoms with Gasteiger partial charge in [-0.15, -0.1) is 0 Å². The quantitative estimate of drug-likeness (QED) is 0.798. The molecule has 2 unspecified atom stereocenters. The summed E-state index contributed by atoms with van der Waals surface area (Å²) >= 11 is 0. The first-order chi connectivity index (χ1) is 8.52. The molecule has 0 amide bonds.